The maximum absolute atomic E-state index is 5.47. The van der Waals surface area contributed by atoms with Crippen LogP contribution in [0, 0.1) is 0 Å². The highest BCUT2D eigenvalue weighted by Crippen LogP contribution is 2.32. The molecule has 0 spiro atoms. The number of hydrogen-bond donors (Lipinski definition) is 1. The molecule has 0 saturated carbocycles. The van der Waals surface area contributed by atoms with Crippen molar-refractivity contribution in [3.8, 4) is 0 Å². The highest BCUT2D eigenvalue weighted by Gasteiger charge is 2.32. The lowest BCUT2D eigenvalue weighted by Gasteiger charge is -2.37. The van der Waals surface area contributed by atoms with Crippen molar-refractivity contribution in [2.45, 2.75) is 24.9 Å². The molecule has 2 fully saturated rings. The molecule has 2 saturated heterocycles. The first-order valence-corrected chi connectivity index (χ1v) is 7.42. The van der Waals surface area contributed by atoms with Crippen LogP contribution in [0.1, 0.15) is 23.8 Å². The first kappa shape index (κ1) is 11.7. The van der Waals surface area contributed by atoms with Crippen LogP contribution in [-0.4, -0.2) is 43.8 Å². The van der Waals surface area contributed by atoms with Gasteiger partial charge in [-0.05, 0) is 30.8 Å². The van der Waals surface area contributed by atoms with Crippen LogP contribution in [0.5, 0.6) is 0 Å². The minimum atomic E-state index is 0.557. The van der Waals surface area contributed by atoms with Crippen LogP contribution in [0.25, 0.3) is 0 Å². The maximum Gasteiger partial charge on any atom is 0.0597 e. The SMILES string of the molecule is c1csc(C(C2CCCN2)N2CCOCC2)c1. The molecule has 1 aromatic heterocycles. The van der Waals surface area contributed by atoms with Gasteiger partial charge >= 0.3 is 0 Å². The summed E-state index contributed by atoms with van der Waals surface area (Å²) < 4.78 is 5.47. The second-order valence-corrected chi connectivity index (χ2v) is 5.79. The summed E-state index contributed by atoms with van der Waals surface area (Å²) in [5.41, 5.74) is 0. The summed E-state index contributed by atoms with van der Waals surface area (Å²) in [6.45, 7) is 5.08. The van der Waals surface area contributed by atoms with Crippen molar-refractivity contribution in [2.75, 3.05) is 32.8 Å². The summed E-state index contributed by atoms with van der Waals surface area (Å²) in [6, 6.07) is 5.64. The van der Waals surface area contributed by atoms with E-state index in [-0.39, 0.29) is 0 Å². The van der Waals surface area contributed by atoms with Crippen molar-refractivity contribution in [1.29, 1.82) is 0 Å². The molecule has 3 heterocycles. The van der Waals surface area contributed by atoms with Crippen LogP contribution in [0.4, 0.5) is 0 Å². The van der Waals surface area contributed by atoms with Crippen molar-refractivity contribution >= 4 is 11.3 Å². The minimum Gasteiger partial charge on any atom is -0.379 e. The minimum absolute atomic E-state index is 0.557. The molecule has 1 aromatic rings. The molecule has 17 heavy (non-hydrogen) atoms. The fourth-order valence-corrected chi connectivity index (χ4v) is 3.85. The van der Waals surface area contributed by atoms with Gasteiger partial charge in [0.2, 0.25) is 0 Å². The molecule has 0 aromatic carbocycles. The number of morpholine rings is 1. The quantitative estimate of drug-likeness (QED) is 0.889. The van der Waals surface area contributed by atoms with Crippen LogP contribution in [0.15, 0.2) is 17.5 Å². The third kappa shape index (κ3) is 2.55. The van der Waals surface area contributed by atoms with E-state index < -0.39 is 0 Å². The average Bonchev–Trinajstić information content (AvgIpc) is 3.04. The first-order chi connectivity index (χ1) is 8.45. The van der Waals surface area contributed by atoms with Gasteiger partial charge in [0.05, 0.1) is 19.3 Å². The number of hydrogen-bond acceptors (Lipinski definition) is 4. The zero-order chi connectivity index (χ0) is 11.5. The molecular formula is C13H20N2OS. The summed E-state index contributed by atoms with van der Waals surface area (Å²) in [4.78, 5) is 4.10. The number of thiophene rings is 1. The smallest absolute Gasteiger partial charge is 0.0597 e. The second-order valence-electron chi connectivity index (χ2n) is 4.81. The molecule has 0 aliphatic carbocycles. The average molecular weight is 252 g/mol. The maximum atomic E-state index is 5.47. The second kappa shape index (κ2) is 5.48. The van der Waals surface area contributed by atoms with Gasteiger partial charge in [-0.15, -0.1) is 11.3 Å². The Morgan fingerprint density at radius 2 is 2.29 bits per heavy atom. The molecule has 0 bridgehead atoms. The zero-order valence-electron chi connectivity index (χ0n) is 10.1. The van der Waals surface area contributed by atoms with E-state index in [2.05, 4.69) is 27.7 Å². The van der Waals surface area contributed by atoms with Gasteiger partial charge < -0.3 is 10.1 Å². The van der Waals surface area contributed by atoms with E-state index in [1.54, 1.807) is 0 Å². The third-order valence-electron chi connectivity index (χ3n) is 3.75. The molecule has 1 N–H and O–H groups in total. The molecule has 2 aliphatic heterocycles. The number of rotatable bonds is 3. The van der Waals surface area contributed by atoms with Gasteiger partial charge in [-0.2, -0.15) is 0 Å². The number of ether oxygens (including phenoxy) is 1. The number of nitrogens with zero attached hydrogens (tertiary/aromatic N) is 1. The predicted octanol–water partition coefficient (Wildman–Crippen LogP) is 1.87. The first-order valence-electron chi connectivity index (χ1n) is 6.54. The molecule has 2 unspecified atom stereocenters. The van der Waals surface area contributed by atoms with Gasteiger partial charge in [-0.25, -0.2) is 0 Å². The van der Waals surface area contributed by atoms with Crippen LogP contribution in [0.2, 0.25) is 0 Å². The Labute approximate surface area is 107 Å². The normalized spacial score (nSPS) is 28.4. The molecule has 94 valence electrons. The Kier molecular flexibility index (Phi) is 3.76. The zero-order valence-corrected chi connectivity index (χ0v) is 10.9. The Morgan fingerprint density at radius 1 is 1.41 bits per heavy atom. The van der Waals surface area contributed by atoms with Crippen molar-refractivity contribution in [1.82, 2.24) is 10.2 Å². The molecule has 2 atom stereocenters. The highest BCUT2D eigenvalue weighted by molar-refractivity contribution is 7.10. The summed E-state index contributed by atoms with van der Waals surface area (Å²) >= 11 is 1.89. The molecule has 3 rings (SSSR count). The Bertz CT molecular complexity index is 329. The summed E-state index contributed by atoms with van der Waals surface area (Å²) in [5, 5.41) is 5.86. The lowest BCUT2D eigenvalue weighted by molar-refractivity contribution is 0.00958. The fraction of sp³-hybridized carbons (Fsp3) is 0.692. The van der Waals surface area contributed by atoms with Gasteiger partial charge in [0.1, 0.15) is 0 Å². The van der Waals surface area contributed by atoms with Crippen molar-refractivity contribution < 1.29 is 4.74 Å². The summed E-state index contributed by atoms with van der Waals surface area (Å²) in [6.07, 6.45) is 2.62. The van der Waals surface area contributed by atoms with Crippen molar-refractivity contribution in [3.05, 3.63) is 22.4 Å². The van der Waals surface area contributed by atoms with E-state index in [1.807, 2.05) is 11.3 Å². The van der Waals surface area contributed by atoms with Gasteiger partial charge in [-0.3, -0.25) is 4.90 Å². The van der Waals surface area contributed by atoms with E-state index in [1.165, 1.54) is 24.3 Å². The van der Waals surface area contributed by atoms with Gasteiger partial charge in [-0.1, -0.05) is 6.07 Å². The molecule has 2 aliphatic rings. The van der Waals surface area contributed by atoms with Crippen LogP contribution in [-0.2, 0) is 4.74 Å². The van der Waals surface area contributed by atoms with E-state index in [0.29, 0.717) is 12.1 Å². The topological polar surface area (TPSA) is 24.5 Å². The third-order valence-corrected chi connectivity index (χ3v) is 4.70. The van der Waals surface area contributed by atoms with E-state index in [9.17, 15) is 0 Å². The summed E-state index contributed by atoms with van der Waals surface area (Å²) in [5.74, 6) is 0. The molecule has 3 nitrogen and oxygen atoms in total. The van der Waals surface area contributed by atoms with Gasteiger partial charge in [0.25, 0.3) is 0 Å². The molecular weight excluding hydrogens is 232 g/mol. The summed E-state index contributed by atoms with van der Waals surface area (Å²) in [7, 11) is 0. The van der Waals surface area contributed by atoms with Crippen LogP contribution in [0.3, 0.4) is 0 Å². The Morgan fingerprint density at radius 3 is 2.94 bits per heavy atom. The highest BCUT2D eigenvalue weighted by atomic mass is 32.1. The Balaban J connectivity index is 1.79. The van der Waals surface area contributed by atoms with Crippen LogP contribution < -0.4 is 5.32 Å². The monoisotopic (exact) mass is 252 g/mol. The Hall–Kier alpha value is -0.420. The van der Waals surface area contributed by atoms with E-state index in [4.69, 9.17) is 4.74 Å². The fourth-order valence-electron chi connectivity index (χ4n) is 2.93. The van der Waals surface area contributed by atoms with E-state index in [0.717, 1.165) is 26.3 Å². The number of nitrogens with one attached hydrogen (secondary N) is 1. The van der Waals surface area contributed by atoms with Gasteiger partial charge in [0, 0.05) is 24.0 Å². The lowest BCUT2D eigenvalue weighted by atomic mass is 10.0. The van der Waals surface area contributed by atoms with Crippen LogP contribution >= 0.6 is 11.3 Å². The van der Waals surface area contributed by atoms with Crippen molar-refractivity contribution in [2.24, 2.45) is 0 Å². The lowest BCUT2D eigenvalue weighted by Crippen LogP contribution is -2.45. The van der Waals surface area contributed by atoms with E-state index >= 15 is 0 Å². The standard InChI is InChI=1S/C13H20N2OS/c1-3-11(14-5-1)13(12-4-2-10-17-12)15-6-8-16-9-7-15/h2,4,10-11,13-14H,1,3,5-9H2. The molecule has 0 amide bonds. The molecule has 0 radical (unpaired) electrons. The largest absolute Gasteiger partial charge is 0.379 e. The van der Waals surface area contributed by atoms with Crippen molar-refractivity contribution in [3.63, 3.8) is 0 Å². The van der Waals surface area contributed by atoms with Gasteiger partial charge in [0.15, 0.2) is 0 Å². The molecule has 4 heteroatoms. The predicted molar refractivity (Wildman–Crippen MR) is 70.5 cm³/mol.